The van der Waals surface area contributed by atoms with Gasteiger partial charge in [0.15, 0.2) is 0 Å². The van der Waals surface area contributed by atoms with E-state index in [4.69, 9.17) is 0 Å². The van der Waals surface area contributed by atoms with Gasteiger partial charge in [0.1, 0.15) is 0 Å². The van der Waals surface area contributed by atoms with Crippen LogP contribution in [0.4, 0.5) is 0 Å². The average molecular weight is 219 g/mol. The molecule has 1 aromatic heterocycles. The summed E-state index contributed by atoms with van der Waals surface area (Å²) in [5, 5.41) is 11.7. The number of thiophene rings is 1. The number of nitriles is 1. The van der Waals surface area contributed by atoms with Crippen molar-refractivity contribution in [2.75, 3.05) is 0 Å². The molecule has 80 valence electrons. The largest absolute Gasteiger partial charge is 0.197 e. The van der Waals surface area contributed by atoms with Gasteiger partial charge in [-0.15, -0.1) is 11.3 Å². The van der Waals surface area contributed by atoms with Crippen molar-refractivity contribution in [2.45, 2.75) is 44.4 Å². The Kier molecular flexibility index (Phi) is 3.11. The van der Waals surface area contributed by atoms with Crippen molar-refractivity contribution < 1.29 is 0 Å². The van der Waals surface area contributed by atoms with Crippen molar-refractivity contribution in [1.82, 2.24) is 0 Å². The second-order valence-corrected chi connectivity index (χ2v) is 5.36. The Morgan fingerprint density at radius 3 is 3.07 bits per heavy atom. The molecule has 15 heavy (non-hydrogen) atoms. The summed E-state index contributed by atoms with van der Waals surface area (Å²) in [6.07, 6.45) is 5.92. The van der Waals surface area contributed by atoms with E-state index in [2.05, 4.69) is 30.5 Å². The highest BCUT2D eigenvalue weighted by molar-refractivity contribution is 7.10. The summed E-state index contributed by atoms with van der Waals surface area (Å²) >= 11 is 1.75. The number of nitrogens with zero attached hydrogens (tertiary/aromatic N) is 1. The van der Waals surface area contributed by atoms with Crippen LogP contribution in [-0.4, -0.2) is 0 Å². The molecule has 1 saturated carbocycles. The molecule has 0 spiro atoms. The van der Waals surface area contributed by atoms with Gasteiger partial charge in [-0.05, 0) is 30.2 Å². The molecule has 1 aliphatic rings. The summed E-state index contributed by atoms with van der Waals surface area (Å²) in [5.41, 5.74) is -0.166. The van der Waals surface area contributed by atoms with Crippen molar-refractivity contribution in [3.05, 3.63) is 22.4 Å². The van der Waals surface area contributed by atoms with E-state index in [1.54, 1.807) is 11.3 Å². The zero-order valence-corrected chi connectivity index (χ0v) is 10.0. The van der Waals surface area contributed by atoms with Crippen LogP contribution in [0.5, 0.6) is 0 Å². The zero-order valence-electron chi connectivity index (χ0n) is 9.20. The third-order valence-corrected chi connectivity index (χ3v) is 4.77. The summed E-state index contributed by atoms with van der Waals surface area (Å²) in [6.45, 7) is 2.22. The highest BCUT2D eigenvalue weighted by atomic mass is 32.1. The lowest BCUT2D eigenvalue weighted by Crippen LogP contribution is -2.35. The minimum atomic E-state index is -0.166. The Balaban J connectivity index is 2.38. The van der Waals surface area contributed by atoms with Gasteiger partial charge in [-0.3, -0.25) is 0 Å². The maximum absolute atomic E-state index is 9.57. The second-order valence-electron chi connectivity index (χ2n) is 4.41. The van der Waals surface area contributed by atoms with E-state index in [0.717, 1.165) is 12.8 Å². The zero-order chi connectivity index (χ0) is 10.7. The lowest BCUT2D eigenvalue weighted by atomic mass is 9.65. The standard InChI is InChI=1S/C13H17NS/c1-2-11-6-3-4-8-13(11,10-14)12-7-5-9-15-12/h5,7,9,11H,2-4,6,8H2,1H3. The topological polar surface area (TPSA) is 23.8 Å². The molecule has 1 nitrogen and oxygen atoms in total. The molecule has 0 saturated heterocycles. The summed E-state index contributed by atoms with van der Waals surface area (Å²) in [7, 11) is 0. The van der Waals surface area contributed by atoms with Crippen LogP contribution < -0.4 is 0 Å². The Labute approximate surface area is 95.7 Å². The molecule has 1 fully saturated rings. The van der Waals surface area contributed by atoms with Crippen LogP contribution in [0.2, 0.25) is 0 Å². The van der Waals surface area contributed by atoms with Crippen LogP contribution in [-0.2, 0) is 5.41 Å². The molecule has 2 heteroatoms. The summed E-state index contributed by atoms with van der Waals surface area (Å²) in [4.78, 5) is 1.29. The van der Waals surface area contributed by atoms with E-state index in [0.29, 0.717) is 5.92 Å². The predicted molar refractivity (Wildman–Crippen MR) is 63.9 cm³/mol. The van der Waals surface area contributed by atoms with Crippen LogP contribution in [0.25, 0.3) is 0 Å². The third-order valence-electron chi connectivity index (χ3n) is 3.72. The fraction of sp³-hybridized carbons (Fsp3) is 0.615. The molecule has 0 N–H and O–H groups in total. The average Bonchev–Trinajstić information content (AvgIpc) is 2.82. The highest BCUT2D eigenvalue weighted by Gasteiger charge is 2.42. The summed E-state index contributed by atoms with van der Waals surface area (Å²) in [5.74, 6) is 0.565. The minimum Gasteiger partial charge on any atom is -0.197 e. The van der Waals surface area contributed by atoms with E-state index < -0.39 is 0 Å². The normalized spacial score (nSPS) is 31.1. The Morgan fingerprint density at radius 1 is 1.60 bits per heavy atom. The molecule has 1 heterocycles. The van der Waals surface area contributed by atoms with Crippen molar-refractivity contribution in [3.63, 3.8) is 0 Å². The number of hydrogen-bond donors (Lipinski definition) is 0. The molecule has 2 rings (SSSR count). The van der Waals surface area contributed by atoms with Crippen molar-refractivity contribution in [3.8, 4) is 6.07 Å². The lowest BCUT2D eigenvalue weighted by Gasteiger charge is -2.37. The third kappa shape index (κ3) is 1.70. The molecular weight excluding hydrogens is 202 g/mol. The van der Waals surface area contributed by atoms with Gasteiger partial charge in [0, 0.05) is 4.88 Å². The molecule has 0 aromatic carbocycles. The van der Waals surface area contributed by atoms with E-state index in [1.807, 2.05) is 0 Å². The van der Waals surface area contributed by atoms with E-state index >= 15 is 0 Å². The SMILES string of the molecule is CCC1CCCCC1(C#N)c1cccs1. The van der Waals surface area contributed by atoms with Gasteiger partial charge in [0.25, 0.3) is 0 Å². The molecule has 1 aromatic rings. The first-order valence-electron chi connectivity index (χ1n) is 5.78. The van der Waals surface area contributed by atoms with Crippen molar-refractivity contribution >= 4 is 11.3 Å². The van der Waals surface area contributed by atoms with Gasteiger partial charge >= 0.3 is 0 Å². The number of hydrogen-bond acceptors (Lipinski definition) is 2. The van der Waals surface area contributed by atoms with Crippen molar-refractivity contribution in [1.29, 1.82) is 5.26 Å². The predicted octanol–water partition coefficient (Wildman–Crippen LogP) is 4.11. The maximum Gasteiger partial charge on any atom is 0.0942 e. The van der Waals surface area contributed by atoms with Gasteiger partial charge in [-0.2, -0.15) is 5.26 Å². The van der Waals surface area contributed by atoms with Gasteiger partial charge in [0.05, 0.1) is 11.5 Å². The Bertz CT molecular complexity index is 349. The van der Waals surface area contributed by atoms with Crippen LogP contribution >= 0.6 is 11.3 Å². The summed E-state index contributed by atoms with van der Waals surface area (Å²) < 4.78 is 0. The number of rotatable bonds is 2. The molecule has 0 radical (unpaired) electrons. The van der Waals surface area contributed by atoms with Gasteiger partial charge < -0.3 is 0 Å². The van der Waals surface area contributed by atoms with Crippen LogP contribution in [0.15, 0.2) is 17.5 Å². The highest BCUT2D eigenvalue weighted by Crippen LogP contribution is 2.46. The summed E-state index contributed by atoms with van der Waals surface area (Å²) in [6, 6.07) is 6.84. The molecule has 1 aliphatic carbocycles. The van der Waals surface area contributed by atoms with Crippen LogP contribution in [0.3, 0.4) is 0 Å². The molecule has 0 aliphatic heterocycles. The van der Waals surface area contributed by atoms with Crippen LogP contribution in [0.1, 0.15) is 43.9 Å². The van der Waals surface area contributed by atoms with Gasteiger partial charge in [0.2, 0.25) is 0 Å². The molecule has 0 bridgehead atoms. The fourth-order valence-electron chi connectivity index (χ4n) is 2.86. The second kappa shape index (κ2) is 4.37. The van der Waals surface area contributed by atoms with Gasteiger partial charge in [-0.1, -0.05) is 32.3 Å². The van der Waals surface area contributed by atoms with Gasteiger partial charge in [-0.25, -0.2) is 0 Å². The molecular formula is C13H17NS. The minimum absolute atomic E-state index is 0.166. The first-order chi connectivity index (χ1) is 7.33. The van der Waals surface area contributed by atoms with Crippen LogP contribution in [0, 0.1) is 17.2 Å². The van der Waals surface area contributed by atoms with E-state index in [9.17, 15) is 5.26 Å². The van der Waals surface area contributed by atoms with E-state index in [-0.39, 0.29) is 5.41 Å². The quantitative estimate of drug-likeness (QED) is 0.734. The first-order valence-corrected chi connectivity index (χ1v) is 6.66. The van der Waals surface area contributed by atoms with Crippen molar-refractivity contribution in [2.24, 2.45) is 5.92 Å². The smallest absolute Gasteiger partial charge is 0.0942 e. The lowest BCUT2D eigenvalue weighted by molar-refractivity contribution is 0.238. The first kappa shape index (κ1) is 10.7. The molecule has 2 unspecified atom stereocenters. The van der Waals surface area contributed by atoms with E-state index in [1.165, 1.54) is 24.1 Å². The molecule has 0 amide bonds. The monoisotopic (exact) mass is 219 g/mol. The Morgan fingerprint density at radius 2 is 2.47 bits per heavy atom. The molecule has 2 atom stereocenters. The fourth-order valence-corrected chi connectivity index (χ4v) is 3.84. The Hall–Kier alpha value is -0.810. The maximum atomic E-state index is 9.57.